The summed E-state index contributed by atoms with van der Waals surface area (Å²) >= 11 is 6.80. The van der Waals surface area contributed by atoms with Crippen molar-refractivity contribution in [3.63, 3.8) is 0 Å². The Balaban J connectivity index is 0.000000298. The summed E-state index contributed by atoms with van der Waals surface area (Å²) in [6.45, 7) is 0. The molecule has 0 bridgehead atoms. The first kappa shape index (κ1) is 36.6. The number of ether oxygens (including phenoxy) is 5. The molecule has 0 aromatic heterocycles. The number of fused-ring (bicyclic) bond motifs is 2. The van der Waals surface area contributed by atoms with E-state index in [0.717, 1.165) is 65.9 Å². The zero-order valence-corrected chi connectivity index (χ0v) is 28.2. The Morgan fingerprint density at radius 2 is 1.28 bits per heavy atom. The monoisotopic (exact) mass is 726 g/mol. The molecule has 0 aliphatic heterocycles. The summed E-state index contributed by atoms with van der Waals surface area (Å²) < 4.78 is 26.1. The van der Waals surface area contributed by atoms with Gasteiger partial charge in [0.15, 0.2) is 34.6 Å². The minimum atomic E-state index is -1.13. The zero-order valence-electron chi connectivity index (χ0n) is 25.0. The summed E-state index contributed by atoms with van der Waals surface area (Å²) in [7, 11) is 7.61. The topological polar surface area (TPSA) is 97.4 Å². The average molecular weight is 729 g/mol. The second-order valence-electron chi connectivity index (χ2n) is 10.4. The van der Waals surface area contributed by atoms with Crippen molar-refractivity contribution in [2.45, 2.75) is 58.8 Å². The Morgan fingerprint density at radius 1 is 0.767 bits per heavy atom. The van der Waals surface area contributed by atoms with Crippen molar-refractivity contribution in [2.75, 3.05) is 46.2 Å². The van der Waals surface area contributed by atoms with Crippen LogP contribution < -0.4 is 18.9 Å². The smallest absolute Gasteiger partial charge is 0.320 e. The van der Waals surface area contributed by atoms with Crippen LogP contribution in [-0.2, 0) is 22.4 Å². The van der Waals surface area contributed by atoms with Crippen molar-refractivity contribution < 1.29 is 38.1 Å². The van der Waals surface area contributed by atoms with E-state index in [1.807, 2.05) is 12.1 Å². The van der Waals surface area contributed by atoms with E-state index < -0.39 is 11.4 Å². The van der Waals surface area contributed by atoms with E-state index in [1.165, 1.54) is 14.2 Å². The number of ketones is 2. The molecule has 0 radical (unpaired) electrons. The molecule has 10 heteroatoms. The number of hydrogen-bond donors (Lipinski definition) is 0. The van der Waals surface area contributed by atoms with E-state index in [0.29, 0.717) is 41.4 Å². The van der Waals surface area contributed by atoms with Crippen molar-refractivity contribution in [1.29, 1.82) is 0 Å². The van der Waals surface area contributed by atoms with Crippen LogP contribution in [0.5, 0.6) is 23.0 Å². The molecule has 2 unspecified atom stereocenters. The Hall–Kier alpha value is -2.59. The lowest BCUT2D eigenvalue weighted by molar-refractivity contribution is -0.149. The van der Waals surface area contributed by atoms with Crippen LogP contribution in [0.1, 0.15) is 77.8 Å². The highest BCUT2D eigenvalue weighted by Gasteiger charge is 2.52. The number of hydrogen-bond acceptors (Lipinski definition) is 8. The van der Waals surface area contributed by atoms with Gasteiger partial charge < -0.3 is 23.7 Å². The van der Waals surface area contributed by atoms with Crippen LogP contribution in [0, 0.1) is 11.3 Å². The summed E-state index contributed by atoms with van der Waals surface area (Å²) in [5.41, 5.74) is 2.09. The number of benzene rings is 2. The fraction of sp³-hybridized carbons (Fsp3) is 0.545. The van der Waals surface area contributed by atoms with E-state index in [4.69, 9.17) is 23.7 Å². The van der Waals surface area contributed by atoms with Crippen molar-refractivity contribution in [3.05, 3.63) is 46.5 Å². The van der Waals surface area contributed by atoms with E-state index in [9.17, 15) is 14.4 Å². The SMILES string of the molecule is C.COC(=O)C1(CCCCBr)Cc2cc(OC)c(OC)cc2C1=O.COc1cc2c(cc1OC)C(=O)C(CCCCBr)C2. The number of unbranched alkanes of at least 4 members (excludes halogenated alkanes) is 2. The van der Waals surface area contributed by atoms with Crippen molar-refractivity contribution in [1.82, 2.24) is 0 Å². The number of carbonyl (C=O) groups excluding carboxylic acids is 3. The quantitative estimate of drug-likeness (QED) is 0.0910. The molecule has 238 valence electrons. The standard InChI is InChI=1S/C17H21BrO5.C15H19BrO3.CH4/c1-21-13-8-11-10-17(16(20)23-3,6-4-5-7-18)15(19)12(11)9-14(13)22-2;1-18-13-8-11-7-10(5-3-4-6-16)15(17)12(11)9-14(13)19-2;/h8-9H,4-7,10H2,1-3H3;8-10H,3-7H2,1-2H3;1H4. The summed E-state index contributed by atoms with van der Waals surface area (Å²) in [6, 6.07) is 7.20. The molecule has 0 spiro atoms. The van der Waals surface area contributed by atoms with Crippen molar-refractivity contribution in [3.8, 4) is 23.0 Å². The second-order valence-corrected chi connectivity index (χ2v) is 12.0. The highest BCUT2D eigenvalue weighted by Crippen LogP contribution is 2.45. The van der Waals surface area contributed by atoms with Gasteiger partial charge in [0, 0.05) is 27.7 Å². The Kier molecular flexibility index (Phi) is 14.5. The molecule has 2 aromatic rings. The van der Waals surface area contributed by atoms with Gasteiger partial charge >= 0.3 is 5.97 Å². The molecule has 2 aromatic carbocycles. The largest absolute Gasteiger partial charge is 0.493 e. The second kappa shape index (κ2) is 17.0. The van der Waals surface area contributed by atoms with Crippen LogP contribution in [0.3, 0.4) is 0 Å². The third kappa shape index (κ3) is 7.93. The summed E-state index contributed by atoms with van der Waals surface area (Å²) in [5.74, 6) is 2.12. The third-order valence-electron chi connectivity index (χ3n) is 7.99. The van der Waals surface area contributed by atoms with Gasteiger partial charge in [-0.25, -0.2) is 0 Å². The van der Waals surface area contributed by atoms with Gasteiger partial charge in [0.25, 0.3) is 0 Å². The number of carbonyl (C=O) groups is 3. The maximum absolute atomic E-state index is 13.0. The molecule has 0 saturated carbocycles. The molecule has 0 N–H and O–H groups in total. The lowest BCUT2D eigenvalue weighted by atomic mass is 9.79. The summed E-state index contributed by atoms with van der Waals surface area (Å²) in [5, 5.41) is 1.84. The van der Waals surface area contributed by atoms with Gasteiger partial charge in [-0.3, -0.25) is 14.4 Å². The summed E-state index contributed by atoms with van der Waals surface area (Å²) in [4.78, 5) is 37.7. The molecule has 2 atom stereocenters. The average Bonchev–Trinajstić information content (AvgIpc) is 3.47. The van der Waals surface area contributed by atoms with Crippen LogP contribution in [0.2, 0.25) is 0 Å². The number of esters is 1. The number of methoxy groups -OCH3 is 5. The van der Waals surface area contributed by atoms with Crippen molar-refractivity contribution >= 4 is 49.4 Å². The molecule has 0 heterocycles. The molecule has 0 amide bonds. The van der Waals surface area contributed by atoms with E-state index in [1.54, 1.807) is 33.5 Å². The maximum atomic E-state index is 13.0. The first-order valence-electron chi connectivity index (χ1n) is 14.0. The van der Waals surface area contributed by atoms with Gasteiger partial charge in [0.2, 0.25) is 0 Å². The fourth-order valence-electron chi connectivity index (χ4n) is 5.74. The van der Waals surface area contributed by atoms with Crippen LogP contribution in [0.4, 0.5) is 0 Å². The van der Waals surface area contributed by atoms with Crippen LogP contribution in [0.25, 0.3) is 0 Å². The van der Waals surface area contributed by atoms with Gasteiger partial charge in [-0.05, 0) is 73.9 Å². The molecule has 2 aliphatic carbocycles. The minimum Gasteiger partial charge on any atom is -0.493 e. The van der Waals surface area contributed by atoms with Gasteiger partial charge in [-0.15, -0.1) is 0 Å². The number of halogens is 2. The normalized spacial score (nSPS) is 18.1. The molecule has 0 saturated heterocycles. The third-order valence-corrected chi connectivity index (χ3v) is 9.11. The van der Waals surface area contributed by atoms with Crippen LogP contribution >= 0.6 is 31.9 Å². The van der Waals surface area contributed by atoms with Gasteiger partial charge in [-0.1, -0.05) is 52.1 Å². The zero-order chi connectivity index (χ0) is 30.9. The minimum absolute atomic E-state index is 0. The van der Waals surface area contributed by atoms with Crippen molar-refractivity contribution in [2.24, 2.45) is 11.3 Å². The first-order chi connectivity index (χ1) is 20.2. The number of alkyl halides is 2. The predicted molar refractivity (Wildman–Crippen MR) is 175 cm³/mol. The molecule has 8 nitrogen and oxygen atoms in total. The number of rotatable bonds is 13. The first-order valence-corrected chi connectivity index (χ1v) is 16.3. The van der Waals surface area contributed by atoms with E-state index in [2.05, 4.69) is 31.9 Å². The Labute approximate surface area is 272 Å². The van der Waals surface area contributed by atoms with Gasteiger partial charge in [0.05, 0.1) is 35.5 Å². The van der Waals surface area contributed by atoms with E-state index >= 15 is 0 Å². The Bertz CT molecular complexity index is 1280. The predicted octanol–water partition coefficient (Wildman–Crippen LogP) is 7.43. The molecule has 0 fully saturated rings. The summed E-state index contributed by atoms with van der Waals surface area (Å²) in [6.07, 6.45) is 6.49. The fourth-order valence-corrected chi connectivity index (χ4v) is 6.54. The lowest BCUT2D eigenvalue weighted by Gasteiger charge is -2.24. The molecule has 4 rings (SSSR count). The molecule has 2 aliphatic rings. The van der Waals surface area contributed by atoms with Gasteiger partial charge in [0.1, 0.15) is 5.41 Å². The van der Waals surface area contributed by atoms with Crippen LogP contribution in [0.15, 0.2) is 24.3 Å². The van der Waals surface area contributed by atoms with Gasteiger partial charge in [-0.2, -0.15) is 0 Å². The number of Topliss-reactive ketones (excluding diaryl/α,β-unsaturated/α-hetero) is 2. The molecule has 43 heavy (non-hydrogen) atoms. The molecular formula is C33H44Br2O8. The van der Waals surface area contributed by atoms with Crippen LogP contribution in [-0.4, -0.2) is 63.7 Å². The maximum Gasteiger partial charge on any atom is 0.320 e. The van der Waals surface area contributed by atoms with E-state index in [-0.39, 0.29) is 24.9 Å². The molecular weight excluding hydrogens is 684 g/mol. The Morgan fingerprint density at radius 3 is 1.81 bits per heavy atom. The highest BCUT2D eigenvalue weighted by molar-refractivity contribution is 9.09. The highest BCUT2D eigenvalue weighted by atomic mass is 79.9. The lowest BCUT2D eigenvalue weighted by Crippen LogP contribution is -2.38.